The van der Waals surface area contributed by atoms with Crippen molar-refractivity contribution in [3.8, 4) is 11.3 Å². The first kappa shape index (κ1) is 14.5. The molecule has 0 atom stereocenters. The summed E-state index contributed by atoms with van der Waals surface area (Å²) in [5.41, 5.74) is 0.961. The number of carbonyl (C=O) groups is 1. The number of nitrogens with zero attached hydrogens (tertiary/aromatic N) is 1. The number of rotatable bonds is 6. The van der Waals surface area contributed by atoms with Gasteiger partial charge in [-0.1, -0.05) is 34.1 Å². The van der Waals surface area contributed by atoms with Crippen molar-refractivity contribution in [1.29, 1.82) is 0 Å². The molecular weight excluding hydrogens is 320 g/mol. The van der Waals surface area contributed by atoms with E-state index in [4.69, 9.17) is 4.42 Å². The van der Waals surface area contributed by atoms with Gasteiger partial charge in [0.1, 0.15) is 0 Å². The lowest BCUT2D eigenvalue weighted by Gasteiger charge is -2.00. The molecule has 0 fully saturated rings. The van der Waals surface area contributed by atoms with Crippen molar-refractivity contribution in [3.05, 3.63) is 53.5 Å². The maximum atomic E-state index is 11.5. The first-order valence-corrected chi connectivity index (χ1v) is 7.06. The molecule has 1 aromatic carbocycles. The van der Waals surface area contributed by atoms with Crippen LogP contribution in [0, 0.1) is 0 Å². The number of carbonyl (C=O) groups excluding carboxylic acids is 1. The van der Waals surface area contributed by atoms with Crippen LogP contribution in [-0.4, -0.2) is 17.4 Å². The van der Waals surface area contributed by atoms with Gasteiger partial charge in [-0.15, -0.1) is 6.58 Å². The molecule has 104 valence electrons. The largest absolute Gasteiger partial charge is 0.441 e. The zero-order valence-electron chi connectivity index (χ0n) is 10.9. The highest BCUT2D eigenvalue weighted by molar-refractivity contribution is 9.10. The van der Waals surface area contributed by atoms with Gasteiger partial charge >= 0.3 is 0 Å². The van der Waals surface area contributed by atoms with Crippen LogP contribution in [0.1, 0.15) is 12.3 Å². The van der Waals surface area contributed by atoms with Crippen LogP contribution in [0.4, 0.5) is 0 Å². The van der Waals surface area contributed by atoms with E-state index in [1.165, 1.54) is 0 Å². The van der Waals surface area contributed by atoms with Crippen LogP contribution in [0.25, 0.3) is 11.3 Å². The molecule has 20 heavy (non-hydrogen) atoms. The number of halogens is 1. The molecule has 1 N–H and O–H groups in total. The lowest BCUT2D eigenvalue weighted by atomic mass is 10.2. The lowest BCUT2D eigenvalue weighted by molar-refractivity contribution is -0.120. The van der Waals surface area contributed by atoms with E-state index in [9.17, 15) is 4.79 Å². The number of aryl methyl sites for hydroxylation is 1. The quantitative estimate of drug-likeness (QED) is 0.824. The average molecular weight is 335 g/mol. The third-order valence-electron chi connectivity index (χ3n) is 2.69. The van der Waals surface area contributed by atoms with Gasteiger partial charge < -0.3 is 9.73 Å². The summed E-state index contributed by atoms with van der Waals surface area (Å²) in [5.74, 6) is 1.24. The molecule has 1 amide bonds. The van der Waals surface area contributed by atoms with E-state index in [1.54, 1.807) is 12.3 Å². The van der Waals surface area contributed by atoms with E-state index in [0.29, 0.717) is 31.0 Å². The fraction of sp³-hybridized carbons (Fsp3) is 0.200. The molecule has 0 unspecified atom stereocenters. The van der Waals surface area contributed by atoms with Gasteiger partial charge in [0, 0.05) is 29.4 Å². The number of hydrogen-bond acceptors (Lipinski definition) is 3. The SMILES string of the molecule is C=CCNC(=O)CCc1ncc(-c2ccc(Br)cc2)o1. The van der Waals surface area contributed by atoms with Crippen LogP contribution in [-0.2, 0) is 11.2 Å². The molecule has 5 heteroatoms. The molecule has 0 aliphatic carbocycles. The second-order valence-electron chi connectivity index (χ2n) is 4.22. The molecule has 4 nitrogen and oxygen atoms in total. The number of amides is 1. The van der Waals surface area contributed by atoms with Gasteiger partial charge in [0.15, 0.2) is 11.7 Å². The minimum absolute atomic E-state index is 0.0340. The van der Waals surface area contributed by atoms with E-state index in [-0.39, 0.29) is 5.91 Å². The first-order valence-electron chi connectivity index (χ1n) is 6.27. The summed E-state index contributed by atoms with van der Waals surface area (Å²) in [5, 5.41) is 2.72. The monoisotopic (exact) mass is 334 g/mol. The van der Waals surface area contributed by atoms with Gasteiger partial charge in [-0.05, 0) is 12.1 Å². The maximum Gasteiger partial charge on any atom is 0.220 e. The van der Waals surface area contributed by atoms with E-state index in [1.807, 2.05) is 24.3 Å². The van der Waals surface area contributed by atoms with Gasteiger partial charge in [-0.2, -0.15) is 0 Å². The van der Waals surface area contributed by atoms with Gasteiger partial charge in [-0.3, -0.25) is 4.79 Å². The molecule has 2 rings (SSSR count). The number of hydrogen-bond donors (Lipinski definition) is 1. The number of oxazole rings is 1. The summed E-state index contributed by atoms with van der Waals surface area (Å²) >= 11 is 3.39. The molecule has 0 spiro atoms. The Balaban J connectivity index is 1.94. The molecule has 0 radical (unpaired) electrons. The summed E-state index contributed by atoms with van der Waals surface area (Å²) in [7, 11) is 0. The molecule has 0 aliphatic heterocycles. The molecule has 1 heterocycles. The highest BCUT2D eigenvalue weighted by Gasteiger charge is 2.08. The lowest BCUT2D eigenvalue weighted by Crippen LogP contribution is -2.23. The predicted octanol–water partition coefficient (Wildman–Crippen LogP) is 3.34. The van der Waals surface area contributed by atoms with Gasteiger partial charge in [0.05, 0.1) is 6.20 Å². The van der Waals surface area contributed by atoms with Crippen LogP contribution >= 0.6 is 15.9 Å². The highest BCUT2D eigenvalue weighted by Crippen LogP contribution is 2.22. The molecule has 2 aromatic rings. The van der Waals surface area contributed by atoms with Crippen LogP contribution < -0.4 is 5.32 Å². The van der Waals surface area contributed by atoms with Crippen molar-refractivity contribution in [2.45, 2.75) is 12.8 Å². The molecular formula is C15H15BrN2O2. The second-order valence-corrected chi connectivity index (χ2v) is 5.13. The van der Waals surface area contributed by atoms with Crippen molar-refractivity contribution in [2.24, 2.45) is 0 Å². The summed E-state index contributed by atoms with van der Waals surface area (Å²) in [6.45, 7) is 4.03. The van der Waals surface area contributed by atoms with Crippen LogP contribution in [0.15, 0.2) is 52.0 Å². The Morgan fingerprint density at radius 2 is 2.15 bits per heavy atom. The molecule has 0 saturated carbocycles. The molecule has 1 aromatic heterocycles. The fourth-order valence-corrected chi connectivity index (χ4v) is 1.93. The van der Waals surface area contributed by atoms with Crippen molar-refractivity contribution < 1.29 is 9.21 Å². The average Bonchev–Trinajstić information content (AvgIpc) is 2.92. The minimum Gasteiger partial charge on any atom is -0.441 e. The van der Waals surface area contributed by atoms with E-state index >= 15 is 0 Å². The highest BCUT2D eigenvalue weighted by atomic mass is 79.9. The molecule has 0 saturated heterocycles. The fourth-order valence-electron chi connectivity index (χ4n) is 1.67. The Labute approximate surface area is 126 Å². The summed E-state index contributed by atoms with van der Waals surface area (Å²) in [6, 6.07) is 7.79. The number of benzene rings is 1. The predicted molar refractivity (Wildman–Crippen MR) is 81.2 cm³/mol. The first-order chi connectivity index (χ1) is 9.69. The normalized spacial score (nSPS) is 10.2. The van der Waals surface area contributed by atoms with Crippen molar-refractivity contribution in [2.75, 3.05) is 6.54 Å². The van der Waals surface area contributed by atoms with Crippen LogP contribution in [0.3, 0.4) is 0 Å². The van der Waals surface area contributed by atoms with Gasteiger partial charge in [0.2, 0.25) is 5.91 Å². The van der Waals surface area contributed by atoms with Crippen LogP contribution in [0.5, 0.6) is 0 Å². The Bertz CT molecular complexity index is 590. The Kier molecular flexibility index (Phi) is 5.12. The number of nitrogens with one attached hydrogen (secondary N) is 1. The second kappa shape index (κ2) is 7.05. The van der Waals surface area contributed by atoms with E-state index < -0.39 is 0 Å². The Hall–Kier alpha value is -1.88. The summed E-state index contributed by atoms with van der Waals surface area (Å²) < 4.78 is 6.65. The molecule has 0 bridgehead atoms. The van der Waals surface area contributed by atoms with Crippen molar-refractivity contribution in [3.63, 3.8) is 0 Å². The maximum absolute atomic E-state index is 11.5. The standard InChI is InChI=1S/C15H15BrN2O2/c1-2-9-17-14(19)7-8-15-18-10-13(20-15)11-3-5-12(16)6-4-11/h2-6,10H,1,7-9H2,(H,17,19). The third kappa shape index (κ3) is 4.06. The zero-order valence-corrected chi connectivity index (χ0v) is 12.5. The van der Waals surface area contributed by atoms with Gasteiger partial charge in [0.25, 0.3) is 0 Å². The summed E-state index contributed by atoms with van der Waals surface area (Å²) in [4.78, 5) is 15.6. The van der Waals surface area contributed by atoms with Crippen LogP contribution in [0.2, 0.25) is 0 Å². The smallest absolute Gasteiger partial charge is 0.220 e. The van der Waals surface area contributed by atoms with Gasteiger partial charge in [-0.25, -0.2) is 4.98 Å². The minimum atomic E-state index is -0.0340. The molecule has 0 aliphatic rings. The van der Waals surface area contributed by atoms with E-state index in [0.717, 1.165) is 10.0 Å². The Morgan fingerprint density at radius 3 is 2.85 bits per heavy atom. The summed E-state index contributed by atoms with van der Waals surface area (Å²) in [6.07, 6.45) is 4.17. The van der Waals surface area contributed by atoms with Crippen molar-refractivity contribution >= 4 is 21.8 Å². The zero-order chi connectivity index (χ0) is 14.4. The van der Waals surface area contributed by atoms with E-state index in [2.05, 4.69) is 32.8 Å². The number of aromatic nitrogens is 1. The topological polar surface area (TPSA) is 55.1 Å². The Morgan fingerprint density at radius 1 is 1.40 bits per heavy atom. The third-order valence-corrected chi connectivity index (χ3v) is 3.22. The van der Waals surface area contributed by atoms with Crippen molar-refractivity contribution in [1.82, 2.24) is 10.3 Å².